The van der Waals surface area contributed by atoms with E-state index in [1.165, 1.54) is 6.07 Å². The molecule has 28 heavy (non-hydrogen) atoms. The second kappa shape index (κ2) is 14.4. The van der Waals surface area contributed by atoms with Crippen molar-refractivity contribution in [1.82, 2.24) is 10.6 Å². The second-order valence-electron chi connectivity index (χ2n) is 6.06. The number of ether oxygens (including phenoxy) is 2. The van der Waals surface area contributed by atoms with Crippen LogP contribution in [0.4, 0.5) is 4.39 Å². The molecule has 2 rings (SSSR count). The van der Waals surface area contributed by atoms with E-state index in [2.05, 4.69) is 10.6 Å². The molecule has 0 saturated heterocycles. The topological polar surface area (TPSA) is 62.8 Å². The number of hydrogen-bond acceptors (Lipinski definition) is 5. The zero-order chi connectivity index (χ0) is 18.8. The van der Waals surface area contributed by atoms with Gasteiger partial charge in [0.05, 0.1) is 13.2 Å². The first-order valence-electron chi connectivity index (χ1n) is 8.73. The molecular weight excluding hydrogens is 406 g/mol. The molecule has 0 amide bonds. The zero-order valence-electron chi connectivity index (χ0n) is 16.1. The predicted octanol–water partition coefficient (Wildman–Crippen LogP) is 3.32. The van der Waals surface area contributed by atoms with Gasteiger partial charge in [-0.15, -0.1) is 24.8 Å². The van der Waals surface area contributed by atoms with Crippen LogP contribution in [-0.4, -0.2) is 38.0 Å². The second-order valence-corrected chi connectivity index (χ2v) is 6.06. The van der Waals surface area contributed by atoms with Crippen molar-refractivity contribution in [3.05, 3.63) is 59.4 Å². The highest BCUT2D eigenvalue weighted by atomic mass is 35.5. The van der Waals surface area contributed by atoms with Crippen molar-refractivity contribution in [2.24, 2.45) is 0 Å². The first kappa shape index (κ1) is 26.4. The third kappa shape index (κ3) is 8.63. The third-order valence-electron chi connectivity index (χ3n) is 3.84. The number of rotatable bonds is 11. The van der Waals surface area contributed by atoms with E-state index in [1.807, 2.05) is 18.2 Å². The van der Waals surface area contributed by atoms with Crippen LogP contribution in [0.15, 0.2) is 42.5 Å². The average molecular weight is 435 g/mol. The van der Waals surface area contributed by atoms with Gasteiger partial charge in [0.1, 0.15) is 12.4 Å². The Morgan fingerprint density at radius 2 is 1.68 bits per heavy atom. The number of nitrogens with one attached hydrogen (secondary N) is 2. The van der Waals surface area contributed by atoms with Crippen molar-refractivity contribution in [1.29, 1.82) is 0 Å². The van der Waals surface area contributed by atoms with Crippen molar-refractivity contribution >= 4 is 24.8 Å². The molecule has 0 saturated carbocycles. The van der Waals surface area contributed by atoms with Gasteiger partial charge < -0.3 is 25.2 Å². The van der Waals surface area contributed by atoms with Crippen molar-refractivity contribution in [3.8, 4) is 11.5 Å². The number of para-hydroxylation sites is 1. The van der Waals surface area contributed by atoms with Crippen LogP contribution in [-0.2, 0) is 13.2 Å². The summed E-state index contributed by atoms with van der Waals surface area (Å²) >= 11 is 0. The summed E-state index contributed by atoms with van der Waals surface area (Å²) in [6, 6.07) is 12.2. The summed E-state index contributed by atoms with van der Waals surface area (Å²) in [7, 11) is 1.59. The molecule has 158 valence electrons. The number of halogens is 3. The fraction of sp³-hybridized carbons (Fsp3) is 0.400. The summed E-state index contributed by atoms with van der Waals surface area (Å²) in [5.74, 6) is 0.946. The summed E-state index contributed by atoms with van der Waals surface area (Å²) in [6.07, 6.45) is -0.355. The standard InChI is InChI=1S/C20H27FN2O3.2ClH/c1-15(24)12-22-10-11-23-13-16-7-5-9-19(25-2)20(16)26-14-17-6-3-4-8-18(17)21;;/h3-9,15,22-24H,10-14H2,1-2H3;2*1H. The van der Waals surface area contributed by atoms with Crippen molar-refractivity contribution in [3.63, 3.8) is 0 Å². The zero-order valence-corrected chi connectivity index (χ0v) is 17.7. The largest absolute Gasteiger partial charge is 0.493 e. The number of aliphatic hydroxyl groups excluding tert-OH is 1. The summed E-state index contributed by atoms with van der Waals surface area (Å²) < 4.78 is 25.1. The first-order valence-corrected chi connectivity index (χ1v) is 8.73. The van der Waals surface area contributed by atoms with Gasteiger partial charge in [-0.1, -0.05) is 30.3 Å². The van der Waals surface area contributed by atoms with Gasteiger partial charge in [-0.3, -0.25) is 0 Å². The molecule has 0 bridgehead atoms. The Bertz CT molecular complexity index is 690. The molecule has 1 unspecified atom stereocenters. The minimum Gasteiger partial charge on any atom is -0.493 e. The molecule has 0 aliphatic rings. The minimum atomic E-state index is -0.355. The summed E-state index contributed by atoms with van der Waals surface area (Å²) in [5.41, 5.74) is 1.44. The fourth-order valence-electron chi connectivity index (χ4n) is 2.50. The van der Waals surface area contributed by atoms with Crippen LogP contribution in [0.3, 0.4) is 0 Å². The van der Waals surface area contributed by atoms with E-state index in [-0.39, 0.29) is 43.3 Å². The summed E-state index contributed by atoms with van der Waals surface area (Å²) in [4.78, 5) is 0. The smallest absolute Gasteiger partial charge is 0.166 e. The van der Waals surface area contributed by atoms with Crippen LogP contribution in [0.1, 0.15) is 18.1 Å². The highest BCUT2D eigenvalue weighted by molar-refractivity contribution is 5.85. The molecule has 2 aromatic rings. The van der Waals surface area contributed by atoms with Gasteiger partial charge >= 0.3 is 0 Å². The molecule has 0 aliphatic heterocycles. The molecule has 0 radical (unpaired) electrons. The predicted molar refractivity (Wildman–Crippen MR) is 114 cm³/mol. The Morgan fingerprint density at radius 3 is 2.36 bits per heavy atom. The third-order valence-corrected chi connectivity index (χ3v) is 3.84. The van der Waals surface area contributed by atoms with Gasteiger partial charge in [0.15, 0.2) is 11.5 Å². The van der Waals surface area contributed by atoms with Gasteiger partial charge in [0.25, 0.3) is 0 Å². The van der Waals surface area contributed by atoms with Crippen molar-refractivity contribution in [2.45, 2.75) is 26.2 Å². The molecule has 5 nitrogen and oxygen atoms in total. The molecule has 3 N–H and O–H groups in total. The Labute approximate surface area is 178 Å². The van der Waals surface area contributed by atoms with E-state index in [9.17, 15) is 9.50 Å². The highest BCUT2D eigenvalue weighted by Gasteiger charge is 2.12. The molecule has 0 aliphatic carbocycles. The van der Waals surface area contributed by atoms with Crippen LogP contribution < -0.4 is 20.1 Å². The van der Waals surface area contributed by atoms with Gasteiger partial charge in [0, 0.05) is 37.3 Å². The lowest BCUT2D eigenvalue weighted by Gasteiger charge is -2.16. The average Bonchev–Trinajstić information content (AvgIpc) is 2.64. The molecule has 2 aromatic carbocycles. The van der Waals surface area contributed by atoms with Gasteiger partial charge in [0.2, 0.25) is 0 Å². The Kier molecular flexibility index (Phi) is 13.6. The van der Waals surface area contributed by atoms with Gasteiger partial charge in [-0.05, 0) is 19.1 Å². The van der Waals surface area contributed by atoms with E-state index in [0.29, 0.717) is 30.2 Å². The first-order chi connectivity index (χ1) is 12.6. The maximum Gasteiger partial charge on any atom is 0.166 e. The normalized spacial score (nSPS) is 11.1. The van der Waals surface area contributed by atoms with E-state index in [1.54, 1.807) is 32.2 Å². The van der Waals surface area contributed by atoms with Crippen LogP contribution >= 0.6 is 24.8 Å². The quantitative estimate of drug-likeness (QED) is 0.473. The Hall–Kier alpha value is -1.57. The lowest BCUT2D eigenvalue weighted by Crippen LogP contribution is -2.31. The number of methoxy groups -OCH3 is 1. The Morgan fingerprint density at radius 1 is 1.00 bits per heavy atom. The highest BCUT2D eigenvalue weighted by Crippen LogP contribution is 2.32. The van der Waals surface area contributed by atoms with E-state index >= 15 is 0 Å². The lowest BCUT2D eigenvalue weighted by molar-refractivity contribution is 0.191. The van der Waals surface area contributed by atoms with Crippen molar-refractivity contribution < 1.29 is 19.0 Å². The SMILES string of the molecule is COc1cccc(CNCCNCC(C)O)c1OCc1ccccc1F.Cl.Cl. The van der Waals surface area contributed by atoms with Crippen molar-refractivity contribution in [2.75, 3.05) is 26.7 Å². The maximum absolute atomic E-state index is 13.8. The van der Waals surface area contributed by atoms with Crippen LogP contribution in [0.25, 0.3) is 0 Å². The monoisotopic (exact) mass is 434 g/mol. The number of benzene rings is 2. The fourth-order valence-corrected chi connectivity index (χ4v) is 2.50. The van der Waals surface area contributed by atoms with Crippen LogP contribution in [0.5, 0.6) is 11.5 Å². The molecule has 0 aromatic heterocycles. The summed E-state index contributed by atoms with van der Waals surface area (Å²) in [5, 5.41) is 15.7. The van der Waals surface area contributed by atoms with E-state index in [0.717, 1.165) is 18.7 Å². The van der Waals surface area contributed by atoms with Crippen LogP contribution in [0.2, 0.25) is 0 Å². The lowest BCUT2D eigenvalue weighted by atomic mass is 10.1. The van der Waals surface area contributed by atoms with E-state index < -0.39 is 0 Å². The molecule has 8 heteroatoms. The van der Waals surface area contributed by atoms with Gasteiger partial charge in [-0.25, -0.2) is 4.39 Å². The number of hydrogen-bond donors (Lipinski definition) is 3. The Balaban J connectivity index is 0.00000364. The maximum atomic E-state index is 13.8. The van der Waals surface area contributed by atoms with Crippen LogP contribution in [0, 0.1) is 5.82 Å². The minimum absolute atomic E-state index is 0. The van der Waals surface area contributed by atoms with Gasteiger partial charge in [-0.2, -0.15) is 0 Å². The molecule has 1 atom stereocenters. The molecular formula is C20H29Cl2FN2O3. The molecule has 0 fully saturated rings. The molecule has 0 heterocycles. The number of aliphatic hydroxyl groups is 1. The molecule has 0 spiro atoms. The summed E-state index contributed by atoms with van der Waals surface area (Å²) in [6.45, 7) is 4.54. The van der Waals surface area contributed by atoms with E-state index in [4.69, 9.17) is 9.47 Å².